The summed E-state index contributed by atoms with van der Waals surface area (Å²) in [5, 5.41) is 15.2. The summed E-state index contributed by atoms with van der Waals surface area (Å²) < 4.78 is 10.9. The fraction of sp³-hybridized carbons (Fsp3) is 0.321. The SMILES string of the molecule is Cc1cc(N2C(=O)C(=O)/C(=C(/O)c3ccc(OC(C)C)cc3)C2c2ccc(C(C)(C)C)cc2)no1. The van der Waals surface area contributed by atoms with Crippen LogP contribution in [0.25, 0.3) is 5.76 Å². The van der Waals surface area contributed by atoms with Crippen LogP contribution in [0.3, 0.4) is 0 Å². The molecule has 1 aliphatic heterocycles. The molecule has 1 amide bonds. The van der Waals surface area contributed by atoms with Gasteiger partial charge in [-0.3, -0.25) is 14.5 Å². The predicted octanol–water partition coefficient (Wildman–Crippen LogP) is 5.69. The molecular formula is C28H30N2O5. The maximum absolute atomic E-state index is 13.2. The molecule has 1 unspecified atom stereocenters. The van der Waals surface area contributed by atoms with E-state index in [0.717, 1.165) is 5.56 Å². The van der Waals surface area contributed by atoms with Crippen LogP contribution >= 0.6 is 0 Å². The Labute approximate surface area is 205 Å². The number of rotatable bonds is 5. The first kappa shape index (κ1) is 24.3. The first-order valence-corrected chi connectivity index (χ1v) is 11.6. The highest BCUT2D eigenvalue weighted by molar-refractivity contribution is 6.51. The van der Waals surface area contributed by atoms with Gasteiger partial charge in [0.25, 0.3) is 5.78 Å². The van der Waals surface area contributed by atoms with Gasteiger partial charge in [0.05, 0.1) is 17.7 Å². The zero-order chi connectivity index (χ0) is 25.5. The van der Waals surface area contributed by atoms with Gasteiger partial charge in [-0.05, 0) is 61.6 Å². The van der Waals surface area contributed by atoms with E-state index in [1.807, 2.05) is 38.1 Å². The summed E-state index contributed by atoms with van der Waals surface area (Å²) in [6.07, 6.45) is 0.00163. The molecule has 0 bridgehead atoms. The van der Waals surface area contributed by atoms with Gasteiger partial charge in [0.2, 0.25) is 0 Å². The van der Waals surface area contributed by atoms with E-state index >= 15 is 0 Å². The summed E-state index contributed by atoms with van der Waals surface area (Å²) in [6.45, 7) is 11.9. The predicted molar refractivity (Wildman–Crippen MR) is 133 cm³/mol. The number of carbonyl (C=O) groups is 2. The monoisotopic (exact) mass is 474 g/mol. The summed E-state index contributed by atoms with van der Waals surface area (Å²) >= 11 is 0. The number of aliphatic hydroxyl groups is 1. The summed E-state index contributed by atoms with van der Waals surface area (Å²) in [6, 6.07) is 15.2. The largest absolute Gasteiger partial charge is 0.507 e. The molecular weight excluding hydrogens is 444 g/mol. The Morgan fingerprint density at radius 1 is 1.06 bits per heavy atom. The van der Waals surface area contributed by atoms with Crippen molar-refractivity contribution in [1.29, 1.82) is 0 Å². The number of aryl methyl sites for hydroxylation is 1. The Kier molecular flexibility index (Phi) is 6.28. The second-order valence-corrected chi connectivity index (χ2v) is 10.0. The van der Waals surface area contributed by atoms with Gasteiger partial charge in [-0.25, -0.2) is 0 Å². The molecule has 3 aromatic rings. The van der Waals surface area contributed by atoms with Crippen LogP contribution in [0.4, 0.5) is 5.82 Å². The highest BCUT2D eigenvalue weighted by atomic mass is 16.5. The van der Waals surface area contributed by atoms with E-state index in [1.165, 1.54) is 4.90 Å². The Morgan fingerprint density at radius 2 is 1.69 bits per heavy atom. The van der Waals surface area contributed by atoms with Crippen molar-refractivity contribution < 1.29 is 24.0 Å². The average Bonchev–Trinajstić information content (AvgIpc) is 3.33. The van der Waals surface area contributed by atoms with E-state index in [9.17, 15) is 14.7 Å². The number of carbonyl (C=O) groups excluding carboxylic acids is 2. The molecule has 1 atom stereocenters. The number of nitrogens with zero attached hydrogens (tertiary/aromatic N) is 2. The lowest BCUT2D eigenvalue weighted by Gasteiger charge is -2.24. The van der Waals surface area contributed by atoms with Crippen LogP contribution < -0.4 is 9.64 Å². The topological polar surface area (TPSA) is 92.9 Å². The normalized spacial score (nSPS) is 17.9. The molecule has 1 fully saturated rings. The lowest BCUT2D eigenvalue weighted by atomic mass is 9.85. The van der Waals surface area contributed by atoms with Crippen LogP contribution in [0, 0.1) is 6.92 Å². The van der Waals surface area contributed by atoms with Gasteiger partial charge in [-0.1, -0.05) is 50.2 Å². The molecule has 2 aromatic carbocycles. The fourth-order valence-corrected chi connectivity index (χ4v) is 4.14. The third-order valence-electron chi connectivity index (χ3n) is 5.90. The summed E-state index contributed by atoms with van der Waals surface area (Å²) in [5.41, 5.74) is 2.13. The number of Topliss-reactive ketones (excluding diaryl/α,β-unsaturated/α-hetero) is 1. The molecule has 7 heteroatoms. The zero-order valence-corrected chi connectivity index (χ0v) is 20.8. The molecule has 1 N–H and O–H groups in total. The number of ketones is 1. The number of hydrogen-bond donors (Lipinski definition) is 1. The van der Waals surface area contributed by atoms with Gasteiger partial charge in [0, 0.05) is 11.6 Å². The molecule has 0 aliphatic carbocycles. The third-order valence-corrected chi connectivity index (χ3v) is 5.90. The molecule has 2 heterocycles. The number of ether oxygens (including phenoxy) is 1. The minimum absolute atomic E-state index is 0.00163. The third kappa shape index (κ3) is 4.71. The molecule has 0 spiro atoms. The first-order valence-electron chi connectivity index (χ1n) is 11.6. The standard InChI is InChI=1S/C28H30N2O5/c1-16(2)34-21-13-9-19(10-14-21)25(31)23-24(18-7-11-20(12-8-18)28(4,5)6)30(27(33)26(23)32)22-15-17(3)35-29-22/h7-16,24,31H,1-6H3/b25-23+. The lowest BCUT2D eigenvalue weighted by Crippen LogP contribution is -2.29. The maximum Gasteiger partial charge on any atom is 0.301 e. The maximum atomic E-state index is 13.2. The highest BCUT2D eigenvalue weighted by Crippen LogP contribution is 2.42. The van der Waals surface area contributed by atoms with Gasteiger partial charge < -0.3 is 14.4 Å². The molecule has 182 valence electrons. The van der Waals surface area contributed by atoms with E-state index in [4.69, 9.17) is 9.26 Å². The van der Waals surface area contributed by atoms with Gasteiger partial charge in [-0.15, -0.1) is 0 Å². The first-order chi connectivity index (χ1) is 16.5. The highest BCUT2D eigenvalue weighted by Gasteiger charge is 2.48. The number of anilines is 1. The number of benzene rings is 2. The van der Waals surface area contributed by atoms with Gasteiger partial charge in [0.15, 0.2) is 5.82 Å². The Hall–Kier alpha value is -3.87. The number of hydrogen-bond acceptors (Lipinski definition) is 6. The summed E-state index contributed by atoms with van der Waals surface area (Å²) in [7, 11) is 0. The second kappa shape index (κ2) is 9.06. The van der Waals surface area contributed by atoms with E-state index in [-0.39, 0.29) is 28.7 Å². The van der Waals surface area contributed by atoms with Gasteiger partial charge >= 0.3 is 5.91 Å². The van der Waals surface area contributed by atoms with Crippen LogP contribution in [0.5, 0.6) is 5.75 Å². The molecule has 4 rings (SSSR count). The molecule has 0 radical (unpaired) electrons. The van der Waals surface area contributed by atoms with E-state index in [0.29, 0.717) is 22.6 Å². The van der Waals surface area contributed by atoms with Crippen molar-refractivity contribution >= 4 is 23.3 Å². The van der Waals surface area contributed by atoms with E-state index < -0.39 is 17.7 Å². The van der Waals surface area contributed by atoms with Crippen LogP contribution in [0.1, 0.15) is 63.1 Å². The minimum atomic E-state index is -0.861. The van der Waals surface area contributed by atoms with Crippen molar-refractivity contribution in [1.82, 2.24) is 5.16 Å². The van der Waals surface area contributed by atoms with E-state index in [1.54, 1.807) is 37.3 Å². The van der Waals surface area contributed by atoms with Crippen molar-refractivity contribution in [2.75, 3.05) is 4.90 Å². The number of aliphatic hydroxyl groups excluding tert-OH is 1. The average molecular weight is 475 g/mol. The van der Waals surface area contributed by atoms with Crippen LogP contribution in [-0.2, 0) is 15.0 Å². The van der Waals surface area contributed by atoms with Crippen molar-refractivity contribution in [3.63, 3.8) is 0 Å². The van der Waals surface area contributed by atoms with Gasteiger partial charge in [-0.2, -0.15) is 0 Å². The van der Waals surface area contributed by atoms with Crippen LogP contribution in [-0.4, -0.2) is 28.1 Å². The summed E-state index contributed by atoms with van der Waals surface area (Å²) in [5.74, 6) is -0.449. The van der Waals surface area contributed by atoms with Crippen molar-refractivity contribution in [3.8, 4) is 5.75 Å². The fourth-order valence-electron chi connectivity index (χ4n) is 4.14. The molecule has 1 aliphatic rings. The van der Waals surface area contributed by atoms with Crippen LogP contribution in [0.2, 0.25) is 0 Å². The number of aromatic nitrogens is 1. The Bertz CT molecular complexity index is 1280. The van der Waals surface area contributed by atoms with Gasteiger partial charge in [0.1, 0.15) is 17.3 Å². The van der Waals surface area contributed by atoms with Crippen molar-refractivity contribution in [2.24, 2.45) is 0 Å². The lowest BCUT2D eigenvalue weighted by molar-refractivity contribution is -0.132. The minimum Gasteiger partial charge on any atom is -0.507 e. The molecule has 7 nitrogen and oxygen atoms in total. The summed E-state index contributed by atoms with van der Waals surface area (Å²) in [4.78, 5) is 27.7. The second-order valence-electron chi connectivity index (χ2n) is 10.0. The van der Waals surface area contributed by atoms with Crippen molar-refractivity contribution in [2.45, 2.75) is 59.1 Å². The molecule has 0 saturated carbocycles. The smallest absolute Gasteiger partial charge is 0.301 e. The Balaban J connectivity index is 1.85. The zero-order valence-electron chi connectivity index (χ0n) is 20.8. The van der Waals surface area contributed by atoms with Crippen molar-refractivity contribution in [3.05, 3.63) is 82.6 Å². The van der Waals surface area contributed by atoms with Crippen LogP contribution in [0.15, 0.2) is 64.7 Å². The quantitative estimate of drug-likeness (QED) is 0.290. The van der Waals surface area contributed by atoms with E-state index in [2.05, 4.69) is 25.9 Å². The Morgan fingerprint density at radius 3 is 2.20 bits per heavy atom. The molecule has 1 aromatic heterocycles. The molecule has 1 saturated heterocycles. The molecule has 35 heavy (non-hydrogen) atoms. The number of amides is 1.